The van der Waals surface area contributed by atoms with Crippen LogP contribution in [0, 0.1) is 0 Å². The molecule has 5 nitrogen and oxygen atoms in total. The van der Waals surface area contributed by atoms with E-state index in [1.54, 1.807) is 6.20 Å². The van der Waals surface area contributed by atoms with Gasteiger partial charge in [0.25, 0.3) is 0 Å². The van der Waals surface area contributed by atoms with Crippen molar-refractivity contribution in [3.8, 4) is 0 Å². The predicted molar refractivity (Wildman–Crippen MR) is 73.7 cm³/mol. The molecule has 3 aromatic rings. The van der Waals surface area contributed by atoms with E-state index in [0.717, 1.165) is 24.4 Å². The third-order valence-corrected chi connectivity index (χ3v) is 3.09. The minimum atomic E-state index is 0.374. The Morgan fingerprint density at radius 2 is 2.26 bits per heavy atom. The third-order valence-electron chi connectivity index (χ3n) is 3.09. The summed E-state index contributed by atoms with van der Waals surface area (Å²) in [7, 11) is 0. The van der Waals surface area contributed by atoms with Crippen LogP contribution in [0.25, 0.3) is 5.65 Å². The summed E-state index contributed by atoms with van der Waals surface area (Å²) in [6, 6.07) is 6.40. The van der Waals surface area contributed by atoms with Gasteiger partial charge in [0.05, 0.1) is 12.0 Å². The van der Waals surface area contributed by atoms with E-state index in [-0.39, 0.29) is 0 Å². The maximum absolute atomic E-state index is 4.56. The van der Waals surface area contributed by atoms with E-state index in [0.29, 0.717) is 6.04 Å². The maximum atomic E-state index is 4.56. The van der Waals surface area contributed by atoms with Gasteiger partial charge in [0, 0.05) is 43.9 Å². The number of fused-ring (bicyclic) bond motifs is 1. The van der Waals surface area contributed by atoms with Crippen LogP contribution in [0.3, 0.4) is 0 Å². The Kier molecular flexibility index (Phi) is 3.29. The molecular weight excluding hydrogens is 238 g/mol. The monoisotopic (exact) mass is 255 g/mol. The van der Waals surface area contributed by atoms with Crippen LogP contribution in [-0.4, -0.2) is 25.0 Å². The van der Waals surface area contributed by atoms with Crippen LogP contribution in [0.5, 0.6) is 0 Å². The lowest BCUT2D eigenvalue weighted by molar-refractivity contribution is 0.473. The van der Waals surface area contributed by atoms with Gasteiger partial charge in [-0.25, -0.2) is 9.97 Å². The van der Waals surface area contributed by atoms with Gasteiger partial charge in [-0.15, -0.1) is 0 Å². The van der Waals surface area contributed by atoms with E-state index in [9.17, 15) is 0 Å². The number of nitrogens with zero attached hydrogens (tertiary/aromatic N) is 4. The zero-order valence-electron chi connectivity index (χ0n) is 10.9. The van der Waals surface area contributed by atoms with Crippen molar-refractivity contribution < 1.29 is 0 Å². The second-order valence-electron chi connectivity index (χ2n) is 4.74. The molecule has 5 heteroatoms. The van der Waals surface area contributed by atoms with Gasteiger partial charge in [0.1, 0.15) is 5.65 Å². The van der Waals surface area contributed by atoms with E-state index in [1.807, 2.05) is 41.3 Å². The number of imidazole rings is 2. The summed E-state index contributed by atoms with van der Waals surface area (Å²) in [4.78, 5) is 8.60. The molecule has 3 heterocycles. The highest BCUT2D eigenvalue weighted by atomic mass is 15.1. The zero-order chi connectivity index (χ0) is 13.1. The molecule has 0 saturated heterocycles. The van der Waals surface area contributed by atoms with Crippen LogP contribution < -0.4 is 5.32 Å². The quantitative estimate of drug-likeness (QED) is 0.755. The summed E-state index contributed by atoms with van der Waals surface area (Å²) in [5.41, 5.74) is 2.05. The fraction of sp³-hybridized carbons (Fsp3) is 0.286. The van der Waals surface area contributed by atoms with E-state index in [4.69, 9.17) is 0 Å². The van der Waals surface area contributed by atoms with Crippen molar-refractivity contribution in [3.63, 3.8) is 0 Å². The Bertz CT molecular complexity index is 608. The largest absolute Gasteiger partial charge is 0.336 e. The van der Waals surface area contributed by atoms with Gasteiger partial charge < -0.3 is 14.3 Å². The average molecular weight is 255 g/mol. The molecule has 0 aromatic carbocycles. The van der Waals surface area contributed by atoms with Gasteiger partial charge in [-0.1, -0.05) is 6.07 Å². The number of pyridine rings is 1. The van der Waals surface area contributed by atoms with Gasteiger partial charge in [-0.2, -0.15) is 0 Å². The second kappa shape index (κ2) is 5.24. The summed E-state index contributed by atoms with van der Waals surface area (Å²) < 4.78 is 4.11. The highest BCUT2D eigenvalue weighted by Gasteiger charge is 2.05. The molecule has 19 heavy (non-hydrogen) atoms. The number of hydrogen-bond acceptors (Lipinski definition) is 3. The van der Waals surface area contributed by atoms with Gasteiger partial charge in [0.2, 0.25) is 0 Å². The Balaban J connectivity index is 1.59. The molecule has 1 atom stereocenters. The standard InChI is InChI=1S/C14H17N5/c1-12(9-18-7-5-15-11-18)16-8-13-10-19-6-3-2-4-14(19)17-13/h2-7,10-12,16H,8-9H2,1H3. The number of rotatable bonds is 5. The van der Waals surface area contributed by atoms with E-state index >= 15 is 0 Å². The first-order valence-electron chi connectivity index (χ1n) is 6.43. The number of nitrogens with one attached hydrogen (secondary N) is 1. The fourth-order valence-electron chi connectivity index (χ4n) is 2.13. The van der Waals surface area contributed by atoms with Crippen molar-refractivity contribution in [3.05, 3.63) is 55.0 Å². The van der Waals surface area contributed by atoms with Crippen LogP contribution in [-0.2, 0) is 13.1 Å². The average Bonchev–Trinajstić information content (AvgIpc) is 3.04. The molecular formula is C14H17N5. The Morgan fingerprint density at radius 3 is 3.05 bits per heavy atom. The molecule has 0 aliphatic carbocycles. The first-order chi connectivity index (χ1) is 9.31. The van der Waals surface area contributed by atoms with Crippen molar-refractivity contribution in [1.82, 2.24) is 24.3 Å². The highest BCUT2D eigenvalue weighted by Crippen LogP contribution is 2.04. The minimum Gasteiger partial charge on any atom is -0.336 e. The minimum absolute atomic E-state index is 0.374. The van der Waals surface area contributed by atoms with E-state index < -0.39 is 0 Å². The van der Waals surface area contributed by atoms with Gasteiger partial charge in [0.15, 0.2) is 0 Å². The van der Waals surface area contributed by atoms with Crippen molar-refractivity contribution in [2.75, 3.05) is 0 Å². The lowest BCUT2D eigenvalue weighted by Gasteiger charge is -2.13. The molecule has 98 valence electrons. The lowest BCUT2D eigenvalue weighted by atomic mass is 10.3. The van der Waals surface area contributed by atoms with Crippen molar-refractivity contribution >= 4 is 5.65 Å². The molecule has 3 aromatic heterocycles. The predicted octanol–water partition coefficient (Wildman–Crippen LogP) is 1.71. The number of aromatic nitrogens is 4. The van der Waals surface area contributed by atoms with Crippen LogP contribution >= 0.6 is 0 Å². The van der Waals surface area contributed by atoms with Gasteiger partial charge in [-0.05, 0) is 19.1 Å². The summed E-state index contributed by atoms with van der Waals surface area (Å²) >= 11 is 0. The molecule has 0 saturated carbocycles. The van der Waals surface area contributed by atoms with Gasteiger partial charge >= 0.3 is 0 Å². The fourth-order valence-corrected chi connectivity index (χ4v) is 2.13. The maximum Gasteiger partial charge on any atom is 0.137 e. The van der Waals surface area contributed by atoms with Crippen LogP contribution in [0.2, 0.25) is 0 Å². The molecule has 0 radical (unpaired) electrons. The lowest BCUT2D eigenvalue weighted by Crippen LogP contribution is -2.29. The normalized spacial score (nSPS) is 12.9. The van der Waals surface area contributed by atoms with Crippen molar-refractivity contribution in [1.29, 1.82) is 0 Å². The SMILES string of the molecule is CC(Cn1ccnc1)NCc1cn2ccccc2n1. The highest BCUT2D eigenvalue weighted by molar-refractivity contribution is 5.39. The molecule has 3 rings (SSSR count). The Labute approximate surface area is 111 Å². The van der Waals surface area contributed by atoms with Gasteiger partial charge in [-0.3, -0.25) is 0 Å². The molecule has 0 fully saturated rings. The smallest absolute Gasteiger partial charge is 0.137 e. The first-order valence-corrected chi connectivity index (χ1v) is 6.43. The molecule has 0 aliphatic rings. The number of hydrogen-bond donors (Lipinski definition) is 1. The summed E-state index contributed by atoms with van der Waals surface area (Å²) in [5.74, 6) is 0. The van der Waals surface area contributed by atoms with E-state index in [1.165, 1.54) is 0 Å². The molecule has 1 unspecified atom stereocenters. The Morgan fingerprint density at radius 1 is 1.32 bits per heavy atom. The third kappa shape index (κ3) is 2.82. The van der Waals surface area contributed by atoms with Crippen molar-refractivity contribution in [2.45, 2.75) is 26.1 Å². The van der Waals surface area contributed by atoms with Crippen molar-refractivity contribution in [2.24, 2.45) is 0 Å². The molecule has 1 N–H and O–H groups in total. The topological polar surface area (TPSA) is 47.2 Å². The molecule has 0 spiro atoms. The molecule has 0 amide bonds. The summed E-state index contributed by atoms with van der Waals surface area (Å²) in [5, 5.41) is 3.47. The second-order valence-corrected chi connectivity index (χ2v) is 4.74. The van der Waals surface area contributed by atoms with E-state index in [2.05, 4.69) is 33.0 Å². The summed E-state index contributed by atoms with van der Waals surface area (Å²) in [6.07, 6.45) is 9.69. The van der Waals surface area contributed by atoms with Crippen LogP contribution in [0.15, 0.2) is 49.3 Å². The molecule has 0 aliphatic heterocycles. The zero-order valence-corrected chi connectivity index (χ0v) is 10.9. The molecule has 0 bridgehead atoms. The summed E-state index contributed by atoms with van der Waals surface area (Å²) in [6.45, 7) is 3.85. The van der Waals surface area contributed by atoms with Crippen LogP contribution in [0.4, 0.5) is 0 Å². The first kappa shape index (κ1) is 11.9. The van der Waals surface area contributed by atoms with Crippen LogP contribution in [0.1, 0.15) is 12.6 Å². The Hall–Kier alpha value is -2.14.